The zero-order valence-corrected chi connectivity index (χ0v) is 14.3. The van der Waals surface area contributed by atoms with Gasteiger partial charge in [-0.2, -0.15) is 26.3 Å². The van der Waals surface area contributed by atoms with Gasteiger partial charge in [0.15, 0.2) is 23.1 Å². The van der Waals surface area contributed by atoms with Crippen molar-refractivity contribution in [1.29, 1.82) is 0 Å². The molecule has 0 fully saturated rings. The van der Waals surface area contributed by atoms with Gasteiger partial charge >= 0.3 is 12.4 Å². The number of hydrogen-bond donors (Lipinski definition) is 2. The van der Waals surface area contributed by atoms with Gasteiger partial charge in [0.1, 0.15) is 0 Å². The summed E-state index contributed by atoms with van der Waals surface area (Å²) in [5.74, 6) is -4.12. The molecule has 0 spiro atoms. The maximum absolute atomic E-state index is 12.4. The van der Waals surface area contributed by atoms with Gasteiger partial charge in [0, 0.05) is 26.2 Å². The van der Waals surface area contributed by atoms with Crippen molar-refractivity contribution in [3.8, 4) is 11.5 Å². The molecule has 0 radical (unpaired) electrons. The summed E-state index contributed by atoms with van der Waals surface area (Å²) in [7, 11) is 0. The molecule has 25 heavy (non-hydrogen) atoms. The van der Waals surface area contributed by atoms with Crippen LogP contribution in [0.1, 0.15) is 11.1 Å². The fraction of sp³-hybridized carbons (Fsp3) is 0.143. The van der Waals surface area contributed by atoms with E-state index in [-0.39, 0.29) is 38.3 Å². The van der Waals surface area contributed by atoms with Crippen molar-refractivity contribution < 1.29 is 71.5 Å². The van der Waals surface area contributed by atoms with Crippen LogP contribution in [0.4, 0.5) is 35.1 Å². The maximum atomic E-state index is 12.4. The Balaban J connectivity index is 0.000000443. The molecule has 2 nitrogen and oxygen atoms in total. The van der Waals surface area contributed by atoms with E-state index < -0.39 is 46.6 Å². The van der Waals surface area contributed by atoms with Crippen LogP contribution in [0.15, 0.2) is 36.4 Å². The Kier molecular flexibility index (Phi) is 8.08. The Labute approximate surface area is 154 Å². The second-order valence-corrected chi connectivity index (χ2v) is 4.33. The van der Waals surface area contributed by atoms with Crippen LogP contribution in [0.2, 0.25) is 0 Å². The summed E-state index contributed by atoms with van der Waals surface area (Å²) in [6, 6.07) is 3.04. The molecule has 0 aliphatic carbocycles. The monoisotopic (exact) mass is 450 g/mol. The predicted molar refractivity (Wildman–Crippen MR) is 66.1 cm³/mol. The van der Waals surface area contributed by atoms with E-state index in [1.807, 2.05) is 0 Å². The number of alkyl halides is 6. The number of aromatic hydroxyl groups is 2. The molecular weight excluding hydrogens is 443 g/mol. The number of hydrogen-bond acceptors (Lipinski definition) is 2. The molecule has 0 aliphatic heterocycles. The van der Waals surface area contributed by atoms with Gasteiger partial charge in [-0.3, -0.25) is 0 Å². The van der Waals surface area contributed by atoms with Gasteiger partial charge in [-0.15, -0.1) is 0 Å². The molecule has 0 saturated carbocycles. The predicted octanol–water partition coefficient (Wildman–Crippen LogP) is 5.10. The van der Waals surface area contributed by atoms with Crippen molar-refractivity contribution in [2.75, 3.05) is 0 Å². The van der Waals surface area contributed by atoms with E-state index in [1.54, 1.807) is 0 Å². The molecule has 0 heterocycles. The molecule has 0 bridgehead atoms. The Morgan fingerprint density at radius 3 is 1.08 bits per heavy atom. The van der Waals surface area contributed by atoms with Gasteiger partial charge in [-0.1, -0.05) is 0 Å². The van der Waals surface area contributed by atoms with Gasteiger partial charge < -0.3 is 10.2 Å². The average molecular weight is 451 g/mol. The van der Waals surface area contributed by atoms with Crippen molar-refractivity contribution >= 4 is 0 Å². The average Bonchev–Trinajstić information content (AvgIpc) is 2.43. The second-order valence-electron chi connectivity index (χ2n) is 4.33. The van der Waals surface area contributed by atoms with Crippen LogP contribution < -0.4 is 0 Å². The van der Waals surface area contributed by atoms with E-state index >= 15 is 0 Å². The summed E-state index contributed by atoms with van der Waals surface area (Å²) < 4.78 is 95.8. The van der Waals surface area contributed by atoms with Gasteiger partial charge in [-0.25, -0.2) is 8.78 Å². The van der Waals surface area contributed by atoms with Gasteiger partial charge in [-0.05, 0) is 36.4 Å². The van der Waals surface area contributed by atoms with Crippen LogP contribution in [0.25, 0.3) is 0 Å². The molecule has 0 amide bonds. The minimum atomic E-state index is -4.57. The van der Waals surface area contributed by atoms with Crippen molar-refractivity contribution in [2.45, 2.75) is 12.4 Å². The molecule has 2 N–H and O–H groups in total. The van der Waals surface area contributed by atoms with Crippen LogP contribution in [0.3, 0.4) is 0 Å². The molecule has 0 atom stereocenters. The Hall–Kier alpha value is -1.64. The van der Waals surface area contributed by atoms with E-state index in [4.69, 9.17) is 10.2 Å². The fourth-order valence-corrected chi connectivity index (χ4v) is 1.37. The number of rotatable bonds is 0. The van der Waals surface area contributed by atoms with E-state index in [9.17, 15) is 35.1 Å². The summed E-state index contributed by atoms with van der Waals surface area (Å²) in [6.45, 7) is 0. The summed E-state index contributed by atoms with van der Waals surface area (Å²) in [4.78, 5) is 0. The quantitative estimate of drug-likeness (QED) is 0.548. The Morgan fingerprint density at radius 2 is 0.880 bits per heavy atom. The minimum Gasteiger partial charge on any atom is -0.505 e. The molecule has 2 aromatic carbocycles. The van der Waals surface area contributed by atoms with Crippen LogP contribution in [-0.2, 0) is 38.6 Å². The molecule has 136 valence electrons. The SMILES string of the molecule is Oc1ccc(C(F)(F)F)cc1F.Oc1ccc(C(F)(F)F)cc1F.[Zr]. The molecule has 0 aliphatic rings. The molecule has 2 aromatic rings. The smallest absolute Gasteiger partial charge is 0.416 e. The number of phenols is 2. The first kappa shape index (κ1) is 23.4. The van der Waals surface area contributed by atoms with Crippen LogP contribution in [0.5, 0.6) is 11.5 Å². The maximum Gasteiger partial charge on any atom is 0.416 e. The van der Waals surface area contributed by atoms with Crippen molar-refractivity contribution in [1.82, 2.24) is 0 Å². The third-order valence-electron chi connectivity index (χ3n) is 2.55. The summed E-state index contributed by atoms with van der Waals surface area (Å²) in [6.07, 6.45) is -9.15. The fourth-order valence-electron chi connectivity index (χ4n) is 1.37. The third-order valence-corrected chi connectivity index (χ3v) is 2.55. The summed E-state index contributed by atoms with van der Waals surface area (Å²) in [5, 5.41) is 17.1. The first-order valence-electron chi connectivity index (χ1n) is 5.94. The number of halogens is 8. The number of benzene rings is 2. The van der Waals surface area contributed by atoms with Gasteiger partial charge in [0.25, 0.3) is 0 Å². The van der Waals surface area contributed by atoms with Crippen molar-refractivity contribution in [2.24, 2.45) is 0 Å². The molecule has 0 unspecified atom stereocenters. The molecular formula is C14H8F8O2Zr. The van der Waals surface area contributed by atoms with Crippen LogP contribution >= 0.6 is 0 Å². The van der Waals surface area contributed by atoms with E-state index in [0.717, 1.165) is 0 Å². The van der Waals surface area contributed by atoms with Crippen molar-refractivity contribution in [3.05, 3.63) is 59.2 Å². The first-order valence-corrected chi connectivity index (χ1v) is 5.94. The molecule has 0 saturated heterocycles. The van der Waals surface area contributed by atoms with E-state index in [0.29, 0.717) is 24.3 Å². The van der Waals surface area contributed by atoms with Gasteiger partial charge in [0.05, 0.1) is 11.1 Å². The molecule has 11 heteroatoms. The topological polar surface area (TPSA) is 40.5 Å². The third kappa shape index (κ3) is 7.01. The standard InChI is InChI=1S/2C7H4F4O.Zr/c2*8-5-3-4(7(9,10)11)1-2-6(5)12;/h2*1-3,12H;. The largest absolute Gasteiger partial charge is 0.505 e. The zero-order chi connectivity index (χ0) is 18.7. The Bertz CT molecular complexity index is 651. The summed E-state index contributed by atoms with van der Waals surface area (Å²) >= 11 is 0. The number of phenolic OH excluding ortho intramolecular Hbond substituents is 2. The second kappa shape index (κ2) is 8.64. The van der Waals surface area contributed by atoms with E-state index in [2.05, 4.69) is 0 Å². The van der Waals surface area contributed by atoms with E-state index in [1.165, 1.54) is 0 Å². The summed E-state index contributed by atoms with van der Waals surface area (Å²) in [5.41, 5.74) is -2.23. The molecule has 0 aromatic heterocycles. The van der Waals surface area contributed by atoms with Crippen LogP contribution in [0, 0.1) is 11.6 Å². The normalized spacial score (nSPS) is 11.2. The zero-order valence-electron chi connectivity index (χ0n) is 11.9. The van der Waals surface area contributed by atoms with Gasteiger partial charge in [0.2, 0.25) is 0 Å². The first-order chi connectivity index (χ1) is 10.8. The van der Waals surface area contributed by atoms with Crippen molar-refractivity contribution in [3.63, 3.8) is 0 Å². The molecule has 2 rings (SSSR count). The van der Waals surface area contributed by atoms with Crippen LogP contribution in [-0.4, -0.2) is 10.2 Å². The Morgan fingerprint density at radius 1 is 0.600 bits per heavy atom. The minimum absolute atomic E-state index is 0.